The Labute approximate surface area is 347 Å². The zero-order valence-corrected chi connectivity index (χ0v) is 36.9. The van der Waals surface area contributed by atoms with E-state index in [4.69, 9.17) is 14.2 Å². The molecule has 2 aliphatic heterocycles. The van der Waals surface area contributed by atoms with Crippen molar-refractivity contribution in [3.8, 4) is 0 Å². The average molecular weight is 818 g/mol. The fraction of sp³-hybridized carbons (Fsp3) is 0.826. The fourth-order valence-electron chi connectivity index (χ4n) is 8.95. The molecule has 0 radical (unpaired) electrons. The molecule has 2 fully saturated rings. The highest BCUT2D eigenvalue weighted by Gasteiger charge is 2.42. The summed E-state index contributed by atoms with van der Waals surface area (Å²) in [5.41, 5.74) is 1.25. The molecule has 2 aliphatic carbocycles. The molecule has 9 atom stereocenters. The summed E-state index contributed by atoms with van der Waals surface area (Å²) >= 11 is 0. The maximum absolute atomic E-state index is 12.8. The van der Waals surface area contributed by atoms with Gasteiger partial charge >= 0.3 is 18.0 Å². The highest BCUT2D eigenvalue weighted by atomic mass is 33.1. The van der Waals surface area contributed by atoms with Gasteiger partial charge in [-0.1, -0.05) is 132 Å². The number of allylic oxidation sites excluding steroid dienone is 3. The van der Waals surface area contributed by atoms with Crippen molar-refractivity contribution in [1.82, 2.24) is 5.32 Å². The van der Waals surface area contributed by atoms with Crippen LogP contribution < -0.4 is 5.32 Å². The summed E-state index contributed by atoms with van der Waals surface area (Å²) in [7, 11) is 4.04. The highest BCUT2D eigenvalue weighted by Crippen LogP contribution is 2.45. The zero-order valence-electron chi connectivity index (χ0n) is 35.3. The highest BCUT2D eigenvalue weighted by molar-refractivity contribution is 8.77. The van der Waals surface area contributed by atoms with Crippen molar-refractivity contribution in [3.63, 3.8) is 0 Å². The summed E-state index contributed by atoms with van der Waals surface area (Å²) in [5, 5.41) is 3.72. The Kier molecular flexibility index (Phi) is 21.9. The summed E-state index contributed by atoms with van der Waals surface area (Å²) in [4.78, 5) is 50.2. The smallest absolute Gasteiger partial charge is 0.407 e. The van der Waals surface area contributed by atoms with Crippen LogP contribution in [0.15, 0.2) is 23.8 Å². The van der Waals surface area contributed by atoms with Gasteiger partial charge in [-0.05, 0) is 81.1 Å². The van der Waals surface area contributed by atoms with Crippen LogP contribution in [-0.2, 0) is 28.6 Å². The van der Waals surface area contributed by atoms with E-state index in [0.717, 1.165) is 63.0 Å². The van der Waals surface area contributed by atoms with Crippen molar-refractivity contribution < 1.29 is 33.4 Å². The van der Waals surface area contributed by atoms with Crippen molar-refractivity contribution >= 4 is 45.4 Å². The minimum atomic E-state index is -0.484. The van der Waals surface area contributed by atoms with E-state index in [1.165, 1.54) is 82.0 Å². The molecule has 4 rings (SSSR count). The third kappa shape index (κ3) is 17.1. The molecule has 1 amide bonds. The summed E-state index contributed by atoms with van der Waals surface area (Å²) in [6, 6.07) is 0. The van der Waals surface area contributed by atoms with Gasteiger partial charge in [-0.15, -0.1) is 0 Å². The lowest BCUT2D eigenvalue weighted by molar-refractivity contribution is -0.162. The van der Waals surface area contributed by atoms with Gasteiger partial charge in [-0.25, -0.2) is 4.79 Å². The quantitative estimate of drug-likeness (QED) is 0.0395. The number of carbonyl (C=O) groups excluding carboxylic acids is 4. The van der Waals surface area contributed by atoms with E-state index in [9.17, 15) is 19.2 Å². The SMILES string of the molecule is CCC(C)C(=O)OC1CC(C)C=C2C=CC(C)C(CCC3CC(OC(=O)NCCCCCCCCCCCCCC(=O)CCCCC4CCSS4)CC(=O)O3)C21. The molecule has 0 aromatic carbocycles. The Morgan fingerprint density at radius 1 is 0.875 bits per heavy atom. The summed E-state index contributed by atoms with van der Waals surface area (Å²) < 4.78 is 17.6. The number of amides is 1. The lowest BCUT2D eigenvalue weighted by Gasteiger charge is -2.43. The van der Waals surface area contributed by atoms with Crippen molar-refractivity contribution in [2.75, 3.05) is 12.3 Å². The molecule has 0 aromatic heterocycles. The molecular weight excluding hydrogens is 743 g/mol. The Morgan fingerprint density at radius 2 is 1.55 bits per heavy atom. The number of unbranched alkanes of at least 4 members (excludes halogenated alkanes) is 11. The second-order valence-corrected chi connectivity index (χ2v) is 20.2. The van der Waals surface area contributed by atoms with Gasteiger partial charge in [0.15, 0.2) is 0 Å². The molecule has 2 saturated heterocycles. The molecule has 9 unspecified atom stereocenters. The van der Waals surface area contributed by atoms with E-state index in [1.54, 1.807) is 0 Å². The van der Waals surface area contributed by atoms with E-state index in [2.05, 4.69) is 37.4 Å². The van der Waals surface area contributed by atoms with Crippen molar-refractivity contribution in [2.24, 2.45) is 29.6 Å². The molecule has 0 aromatic rings. The first-order chi connectivity index (χ1) is 27.1. The lowest BCUT2D eigenvalue weighted by atomic mass is 9.65. The Balaban J connectivity index is 1.01. The first kappa shape index (κ1) is 46.7. The van der Waals surface area contributed by atoms with Crippen LogP contribution in [-0.4, -0.2) is 59.7 Å². The van der Waals surface area contributed by atoms with Gasteiger partial charge < -0.3 is 19.5 Å². The molecule has 0 spiro atoms. The number of ether oxygens (including phenoxy) is 3. The standard InChI is InChI=1S/C46H75NO7S2/c1-5-34(3)45(50)54-42-30-33(2)29-36-23-22-35(4)41(44(36)42)25-24-38-31-39(32-43(49)52-38)53-46(51)47-27-18-14-12-10-8-6-7-9-11-13-15-19-37(48)20-16-17-21-40-26-28-55-56-40/h22-23,29,33-35,38-42,44H,5-21,24-28,30-32H2,1-4H3,(H,47,51). The fourth-order valence-corrected chi connectivity index (χ4v) is 12.0. The van der Waals surface area contributed by atoms with Crippen LogP contribution in [0.4, 0.5) is 4.79 Å². The van der Waals surface area contributed by atoms with Crippen LogP contribution in [0.3, 0.4) is 0 Å². The summed E-state index contributed by atoms with van der Waals surface area (Å²) in [6.07, 6.45) is 28.5. The number of alkyl carbamates (subject to hydrolysis) is 1. The Bertz CT molecular complexity index is 1270. The number of fused-ring (bicyclic) bond motifs is 1. The van der Waals surface area contributed by atoms with Crippen LogP contribution >= 0.6 is 21.6 Å². The molecule has 318 valence electrons. The number of ketones is 1. The number of carbonyl (C=O) groups is 4. The van der Waals surface area contributed by atoms with E-state index in [0.29, 0.717) is 37.0 Å². The molecule has 1 N–H and O–H groups in total. The van der Waals surface area contributed by atoms with E-state index in [-0.39, 0.29) is 48.3 Å². The molecule has 10 heteroatoms. The van der Waals surface area contributed by atoms with Crippen LogP contribution in [0.25, 0.3) is 0 Å². The Morgan fingerprint density at radius 3 is 2.23 bits per heavy atom. The van der Waals surface area contributed by atoms with E-state index >= 15 is 0 Å². The second-order valence-electron chi connectivity index (χ2n) is 17.4. The number of hydrogen-bond acceptors (Lipinski definition) is 9. The minimum absolute atomic E-state index is 0.0897. The van der Waals surface area contributed by atoms with Gasteiger partial charge in [0.25, 0.3) is 0 Å². The van der Waals surface area contributed by atoms with Crippen LogP contribution in [0.5, 0.6) is 0 Å². The van der Waals surface area contributed by atoms with Gasteiger partial charge in [0, 0.05) is 42.7 Å². The minimum Gasteiger partial charge on any atom is -0.462 e. The molecule has 2 heterocycles. The Hall–Kier alpha value is -1.94. The van der Waals surface area contributed by atoms with Gasteiger partial charge in [0.2, 0.25) is 0 Å². The molecule has 0 saturated carbocycles. The number of esters is 2. The predicted molar refractivity (Wildman–Crippen MR) is 230 cm³/mol. The first-order valence-corrected chi connectivity index (χ1v) is 25.0. The third-order valence-corrected chi connectivity index (χ3v) is 15.6. The van der Waals surface area contributed by atoms with Gasteiger partial charge in [-0.2, -0.15) is 0 Å². The average Bonchev–Trinajstić information content (AvgIpc) is 3.69. The molecule has 8 nitrogen and oxygen atoms in total. The van der Waals surface area contributed by atoms with E-state index < -0.39 is 12.2 Å². The maximum atomic E-state index is 12.8. The van der Waals surface area contributed by atoms with Gasteiger partial charge in [0.05, 0.1) is 12.3 Å². The summed E-state index contributed by atoms with van der Waals surface area (Å²) in [5.74, 6) is 2.25. The number of hydrogen-bond donors (Lipinski definition) is 1. The normalized spacial score (nSPS) is 27.9. The molecule has 0 bridgehead atoms. The van der Waals surface area contributed by atoms with Crippen LogP contribution in [0, 0.1) is 29.6 Å². The van der Waals surface area contributed by atoms with Crippen molar-refractivity contribution in [1.29, 1.82) is 0 Å². The van der Waals surface area contributed by atoms with Crippen LogP contribution in [0.2, 0.25) is 0 Å². The number of cyclic esters (lactones) is 1. The first-order valence-electron chi connectivity index (χ1n) is 22.7. The predicted octanol–water partition coefficient (Wildman–Crippen LogP) is 11.9. The van der Waals surface area contributed by atoms with Crippen molar-refractivity contribution in [2.45, 2.75) is 199 Å². The summed E-state index contributed by atoms with van der Waals surface area (Å²) in [6.45, 7) is 8.93. The largest absolute Gasteiger partial charge is 0.462 e. The molecule has 56 heavy (non-hydrogen) atoms. The van der Waals surface area contributed by atoms with Gasteiger partial charge in [-0.3, -0.25) is 14.4 Å². The second kappa shape index (κ2) is 26.2. The van der Waals surface area contributed by atoms with Crippen molar-refractivity contribution in [3.05, 3.63) is 23.8 Å². The topological polar surface area (TPSA) is 108 Å². The molecule has 4 aliphatic rings. The molecular formula is C46H75NO7S2. The number of nitrogens with one attached hydrogen (secondary N) is 1. The number of Topliss-reactive ketones (excluding diaryl/α,β-unsaturated/α-hetero) is 1. The third-order valence-electron chi connectivity index (χ3n) is 12.6. The lowest BCUT2D eigenvalue weighted by Crippen LogP contribution is -2.42. The number of rotatable bonds is 26. The van der Waals surface area contributed by atoms with Crippen LogP contribution in [0.1, 0.15) is 175 Å². The monoisotopic (exact) mass is 817 g/mol. The van der Waals surface area contributed by atoms with Gasteiger partial charge in [0.1, 0.15) is 24.1 Å². The maximum Gasteiger partial charge on any atom is 0.407 e. The zero-order chi connectivity index (χ0) is 40.1. The van der Waals surface area contributed by atoms with E-state index in [1.807, 2.05) is 35.4 Å².